The zero-order valence-corrected chi connectivity index (χ0v) is 16.3. The maximum Gasteiger partial charge on any atom is 0.243 e. The number of hydrogen-bond acceptors (Lipinski definition) is 4. The van der Waals surface area contributed by atoms with Gasteiger partial charge >= 0.3 is 0 Å². The molecule has 2 aromatic rings. The molecule has 146 valence electrons. The summed E-state index contributed by atoms with van der Waals surface area (Å²) in [5, 5.41) is 6.00. The van der Waals surface area contributed by atoms with E-state index in [4.69, 9.17) is 9.47 Å². The van der Waals surface area contributed by atoms with Crippen LogP contribution in [0.2, 0.25) is 0 Å². The molecule has 0 fully saturated rings. The van der Waals surface area contributed by atoms with Crippen molar-refractivity contribution in [1.82, 2.24) is 0 Å². The van der Waals surface area contributed by atoms with Crippen LogP contribution in [0.1, 0.15) is 39.5 Å². The maximum absolute atomic E-state index is 12.2. The van der Waals surface area contributed by atoms with Crippen molar-refractivity contribution in [3.05, 3.63) is 48.5 Å². The fourth-order valence-corrected chi connectivity index (χ4v) is 2.63. The zero-order valence-electron chi connectivity index (χ0n) is 16.3. The number of ether oxygens (including phenoxy) is 2. The zero-order chi connectivity index (χ0) is 19.3. The van der Waals surface area contributed by atoms with Crippen LogP contribution >= 0.6 is 0 Å². The molecule has 2 rings (SSSR count). The van der Waals surface area contributed by atoms with Crippen molar-refractivity contribution in [2.45, 2.75) is 39.5 Å². The van der Waals surface area contributed by atoms with Gasteiger partial charge in [0.05, 0.1) is 19.8 Å². The van der Waals surface area contributed by atoms with Gasteiger partial charge in [-0.25, -0.2) is 0 Å². The minimum atomic E-state index is -0.116. The van der Waals surface area contributed by atoms with Crippen molar-refractivity contribution in [3.8, 4) is 11.5 Å². The maximum atomic E-state index is 12.2. The van der Waals surface area contributed by atoms with Gasteiger partial charge in [-0.3, -0.25) is 4.79 Å². The van der Waals surface area contributed by atoms with Gasteiger partial charge in [-0.05, 0) is 37.6 Å². The van der Waals surface area contributed by atoms with Crippen molar-refractivity contribution >= 4 is 17.3 Å². The van der Waals surface area contributed by atoms with E-state index in [9.17, 15) is 4.79 Å². The third kappa shape index (κ3) is 8.03. The monoisotopic (exact) mass is 370 g/mol. The summed E-state index contributed by atoms with van der Waals surface area (Å²) in [5.74, 6) is 1.45. The molecule has 0 aromatic heterocycles. The number of nitrogens with one attached hydrogen (secondary N) is 2. The fraction of sp³-hybridized carbons (Fsp3) is 0.409. The number of rotatable bonds is 12. The van der Waals surface area contributed by atoms with E-state index < -0.39 is 0 Å². The minimum Gasteiger partial charge on any atom is -0.494 e. The standard InChI is InChI=1S/C22H30N2O3/c1-3-5-6-7-14-27-21-13-8-10-18(15-21)23-17-22(25)24-19-11-9-12-20(16-19)26-4-2/h8-13,15-16,23H,3-7,14,17H2,1-2H3,(H,24,25). The Bertz CT molecular complexity index is 703. The molecule has 0 spiro atoms. The minimum absolute atomic E-state index is 0.116. The van der Waals surface area contributed by atoms with Gasteiger partial charge in [-0.2, -0.15) is 0 Å². The lowest BCUT2D eigenvalue weighted by Gasteiger charge is -2.11. The van der Waals surface area contributed by atoms with Crippen LogP contribution in [0.3, 0.4) is 0 Å². The molecule has 0 unspecified atom stereocenters. The molecule has 0 aliphatic carbocycles. The number of hydrogen-bond donors (Lipinski definition) is 2. The number of amides is 1. The van der Waals surface area contributed by atoms with Crippen molar-refractivity contribution < 1.29 is 14.3 Å². The van der Waals surface area contributed by atoms with Crippen LogP contribution in [0.25, 0.3) is 0 Å². The van der Waals surface area contributed by atoms with Gasteiger partial charge in [-0.15, -0.1) is 0 Å². The third-order valence-corrected chi connectivity index (χ3v) is 3.98. The highest BCUT2D eigenvalue weighted by atomic mass is 16.5. The van der Waals surface area contributed by atoms with Gasteiger partial charge in [0, 0.05) is 23.5 Å². The molecule has 0 radical (unpaired) electrons. The summed E-state index contributed by atoms with van der Waals surface area (Å²) in [6.07, 6.45) is 4.72. The van der Waals surface area contributed by atoms with Crippen LogP contribution in [0.5, 0.6) is 11.5 Å². The Morgan fingerprint density at radius 2 is 1.59 bits per heavy atom. The molecule has 0 saturated carbocycles. The van der Waals surface area contributed by atoms with E-state index in [1.807, 2.05) is 55.5 Å². The van der Waals surface area contributed by atoms with E-state index in [0.29, 0.717) is 6.61 Å². The molecule has 0 saturated heterocycles. The SMILES string of the molecule is CCCCCCOc1cccc(NCC(=O)Nc2cccc(OCC)c2)c1. The molecule has 5 nitrogen and oxygen atoms in total. The molecule has 1 amide bonds. The number of carbonyl (C=O) groups is 1. The van der Waals surface area contributed by atoms with Crippen molar-refractivity contribution in [2.75, 3.05) is 30.4 Å². The summed E-state index contributed by atoms with van der Waals surface area (Å²) in [5.41, 5.74) is 1.58. The first-order chi connectivity index (χ1) is 13.2. The number of anilines is 2. The van der Waals surface area contributed by atoms with E-state index in [-0.39, 0.29) is 12.5 Å². The lowest BCUT2D eigenvalue weighted by atomic mass is 10.2. The molecular formula is C22H30N2O3. The van der Waals surface area contributed by atoms with E-state index in [1.165, 1.54) is 19.3 Å². The Labute approximate surface area is 162 Å². The second kappa shape index (κ2) is 11.8. The van der Waals surface area contributed by atoms with Gasteiger partial charge in [0.2, 0.25) is 5.91 Å². The Morgan fingerprint density at radius 1 is 0.889 bits per heavy atom. The van der Waals surface area contributed by atoms with E-state index in [2.05, 4.69) is 17.6 Å². The summed E-state index contributed by atoms with van der Waals surface area (Å²) in [6.45, 7) is 5.62. The van der Waals surface area contributed by atoms with Crippen LogP contribution in [-0.2, 0) is 4.79 Å². The second-order valence-electron chi connectivity index (χ2n) is 6.30. The van der Waals surface area contributed by atoms with Gasteiger partial charge in [0.1, 0.15) is 11.5 Å². The molecule has 5 heteroatoms. The van der Waals surface area contributed by atoms with Gasteiger partial charge in [0.15, 0.2) is 0 Å². The average Bonchev–Trinajstić information content (AvgIpc) is 2.67. The highest BCUT2D eigenvalue weighted by Gasteiger charge is 2.04. The number of carbonyl (C=O) groups excluding carboxylic acids is 1. The van der Waals surface area contributed by atoms with Crippen LogP contribution < -0.4 is 20.1 Å². The van der Waals surface area contributed by atoms with Gasteiger partial charge in [0.25, 0.3) is 0 Å². The smallest absolute Gasteiger partial charge is 0.243 e. The molecule has 27 heavy (non-hydrogen) atoms. The van der Waals surface area contributed by atoms with Crippen LogP contribution in [0, 0.1) is 0 Å². The highest BCUT2D eigenvalue weighted by Crippen LogP contribution is 2.19. The van der Waals surface area contributed by atoms with Gasteiger partial charge in [-0.1, -0.05) is 38.3 Å². The van der Waals surface area contributed by atoms with Crippen LogP contribution in [0.4, 0.5) is 11.4 Å². The van der Waals surface area contributed by atoms with Crippen molar-refractivity contribution in [2.24, 2.45) is 0 Å². The first-order valence-electron chi connectivity index (χ1n) is 9.70. The molecular weight excluding hydrogens is 340 g/mol. The Hall–Kier alpha value is -2.69. The summed E-state index contributed by atoms with van der Waals surface area (Å²) in [4.78, 5) is 12.2. The van der Waals surface area contributed by atoms with E-state index >= 15 is 0 Å². The van der Waals surface area contributed by atoms with Crippen molar-refractivity contribution in [1.29, 1.82) is 0 Å². The molecule has 2 N–H and O–H groups in total. The molecule has 2 aromatic carbocycles. The van der Waals surface area contributed by atoms with Crippen molar-refractivity contribution in [3.63, 3.8) is 0 Å². The quantitative estimate of drug-likeness (QED) is 0.511. The topological polar surface area (TPSA) is 59.6 Å². The molecule has 0 atom stereocenters. The summed E-state index contributed by atoms with van der Waals surface area (Å²) in [7, 11) is 0. The predicted octanol–water partition coefficient (Wildman–Crippen LogP) is 5.10. The first-order valence-corrected chi connectivity index (χ1v) is 9.70. The summed E-state index contributed by atoms with van der Waals surface area (Å²) >= 11 is 0. The molecule has 0 aliphatic heterocycles. The lowest BCUT2D eigenvalue weighted by Crippen LogP contribution is -2.21. The first kappa shape index (κ1) is 20.6. The largest absolute Gasteiger partial charge is 0.494 e. The summed E-state index contributed by atoms with van der Waals surface area (Å²) < 4.78 is 11.2. The Kier molecular flexibility index (Phi) is 9.04. The lowest BCUT2D eigenvalue weighted by molar-refractivity contribution is -0.114. The molecule has 0 heterocycles. The third-order valence-electron chi connectivity index (χ3n) is 3.98. The van der Waals surface area contributed by atoms with E-state index in [0.717, 1.165) is 35.9 Å². The predicted molar refractivity (Wildman–Crippen MR) is 111 cm³/mol. The van der Waals surface area contributed by atoms with Gasteiger partial charge < -0.3 is 20.1 Å². The molecule has 0 aliphatic rings. The van der Waals surface area contributed by atoms with Crippen LogP contribution in [0.15, 0.2) is 48.5 Å². The Balaban J connectivity index is 1.77. The fourth-order valence-electron chi connectivity index (χ4n) is 2.63. The van der Waals surface area contributed by atoms with Crippen LogP contribution in [-0.4, -0.2) is 25.7 Å². The highest BCUT2D eigenvalue weighted by molar-refractivity contribution is 5.93. The van der Waals surface area contributed by atoms with E-state index in [1.54, 1.807) is 0 Å². The second-order valence-corrected chi connectivity index (χ2v) is 6.30. The normalized spacial score (nSPS) is 10.3. The number of unbranched alkanes of at least 4 members (excludes halogenated alkanes) is 3. The average molecular weight is 370 g/mol. The molecule has 0 bridgehead atoms. The number of benzene rings is 2. The summed E-state index contributed by atoms with van der Waals surface area (Å²) in [6, 6.07) is 15.1. The Morgan fingerprint density at radius 3 is 2.33 bits per heavy atom.